The van der Waals surface area contributed by atoms with Gasteiger partial charge in [0.15, 0.2) is 5.96 Å². The highest BCUT2D eigenvalue weighted by molar-refractivity contribution is 5.90. The van der Waals surface area contributed by atoms with E-state index in [1.165, 1.54) is 0 Å². The molecule has 0 atom stereocenters. The highest BCUT2D eigenvalue weighted by Gasteiger charge is 2.37. The Bertz CT molecular complexity index is 691. The lowest BCUT2D eigenvalue weighted by molar-refractivity contribution is 0.0577. The predicted octanol–water partition coefficient (Wildman–Crippen LogP) is 3.88. The van der Waals surface area contributed by atoms with Crippen molar-refractivity contribution in [2.75, 3.05) is 33.1 Å². The average molecular weight is 375 g/mol. The molecule has 1 aromatic carbocycles. The van der Waals surface area contributed by atoms with E-state index >= 15 is 0 Å². The van der Waals surface area contributed by atoms with Gasteiger partial charge in [-0.15, -0.1) is 0 Å². The van der Waals surface area contributed by atoms with Gasteiger partial charge in [0.05, 0.1) is 12.2 Å². The number of guanidine groups is 1. The number of benzene rings is 1. The summed E-state index contributed by atoms with van der Waals surface area (Å²) in [4.78, 5) is 23.2. The number of hydrogen-bond acceptors (Lipinski definition) is 3. The fourth-order valence-corrected chi connectivity index (χ4v) is 3.02. The quantitative estimate of drug-likeness (QED) is 0.593. The summed E-state index contributed by atoms with van der Waals surface area (Å²) in [5.74, 6) is 0.921. The number of anilines is 1. The minimum absolute atomic E-state index is 0.247. The monoisotopic (exact) mass is 374 g/mol. The first kappa shape index (κ1) is 21.1. The molecule has 0 heterocycles. The Labute approximate surface area is 163 Å². The molecule has 1 aliphatic rings. The van der Waals surface area contributed by atoms with Gasteiger partial charge in [-0.1, -0.05) is 12.1 Å². The molecule has 0 spiro atoms. The van der Waals surface area contributed by atoms with Crippen molar-refractivity contribution in [3.8, 4) is 0 Å². The number of hydrogen-bond donors (Lipinski definition) is 0. The summed E-state index contributed by atoms with van der Waals surface area (Å²) in [7, 11) is 7.95. The number of ether oxygens (including phenoxy) is 1. The van der Waals surface area contributed by atoms with Crippen molar-refractivity contribution in [1.29, 1.82) is 0 Å². The number of carbonyl (C=O) groups excluding carboxylic acids is 1. The first-order chi connectivity index (χ1) is 12.5. The van der Waals surface area contributed by atoms with Crippen molar-refractivity contribution in [2.45, 2.75) is 58.7 Å². The summed E-state index contributed by atoms with van der Waals surface area (Å²) in [6.45, 7) is 8.34. The lowest BCUT2D eigenvalue weighted by atomic mass is 10.1. The summed E-state index contributed by atoms with van der Waals surface area (Å²) in [6.07, 6.45) is 1.79. The minimum atomic E-state index is -0.498. The van der Waals surface area contributed by atoms with Crippen LogP contribution in [-0.2, 0) is 11.3 Å². The van der Waals surface area contributed by atoms with Gasteiger partial charge in [0, 0.05) is 34.2 Å². The van der Waals surface area contributed by atoms with Crippen LogP contribution in [0.3, 0.4) is 0 Å². The molecule has 1 saturated carbocycles. The van der Waals surface area contributed by atoms with Gasteiger partial charge >= 0.3 is 6.09 Å². The summed E-state index contributed by atoms with van der Waals surface area (Å²) >= 11 is 0. The highest BCUT2D eigenvalue weighted by Crippen LogP contribution is 2.35. The summed E-state index contributed by atoms with van der Waals surface area (Å²) < 4.78 is 5.63. The fourth-order valence-electron chi connectivity index (χ4n) is 3.02. The molecular formula is C21H34N4O2. The van der Waals surface area contributed by atoms with Crippen molar-refractivity contribution in [3.63, 3.8) is 0 Å². The van der Waals surface area contributed by atoms with Gasteiger partial charge in [0.2, 0.25) is 0 Å². The molecule has 0 aliphatic heterocycles. The van der Waals surface area contributed by atoms with E-state index in [1.54, 1.807) is 0 Å². The average Bonchev–Trinajstić information content (AvgIpc) is 3.32. The normalized spacial score (nSPS) is 13.8. The number of aryl methyl sites for hydroxylation is 1. The van der Waals surface area contributed by atoms with Gasteiger partial charge in [-0.3, -0.25) is 4.90 Å². The largest absolute Gasteiger partial charge is 0.443 e. The Hall–Kier alpha value is -2.24. The van der Waals surface area contributed by atoms with Crippen LogP contribution in [-0.4, -0.2) is 61.7 Å². The molecule has 1 amide bonds. The third kappa shape index (κ3) is 5.88. The van der Waals surface area contributed by atoms with Gasteiger partial charge < -0.3 is 14.5 Å². The van der Waals surface area contributed by atoms with Gasteiger partial charge in [0.1, 0.15) is 5.60 Å². The molecule has 27 heavy (non-hydrogen) atoms. The van der Waals surface area contributed by atoms with Gasteiger partial charge in [-0.2, -0.15) is 0 Å². The van der Waals surface area contributed by atoms with Gasteiger partial charge in [-0.25, -0.2) is 9.79 Å². The summed E-state index contributed by atoms with van der Waals surface area (Å²) in [6, 6.07) is 6.43. The lowest BCUT2D eigenvalue weighted by Gasteiger charge is -2.28. The van der Waals surface area contributed by atoms with Crippen LogP contribution < -0.4 is 4.90 Å². The third-order valence-corrected chi connectivity index (χ3v) is 4.23. The van der Waals surface area contributed by atoms with Gasteiger partial charge in [0.25, 0.3) is 0 Å². The van der Waals surface area contributed by atoms with Crippen LogP contribution in [0.5, 0.6) is 0 Å². The molecule has 6 nitrogen and oxygen atoms in total. The van der Waals surface area contributed by atoms with Crippen molar-refractivity contribution in [1.82, 2.24) is 9.80 Å². The predicted molar refractivity (Wildman–Crippen MR) is 111 cm³/mol. The van der Waals surface area contributed by atoms with Crippen LogP contribution in [0.1, 0.15) is 44.7 Å². The Morgan fingerprint density at radius 1 is 1.15 bits per heavy atom. The maximum atomic E-state index is 12.7. The van der Waals surface area contributed by atoms with E-state index in [9.17, 15) is 4.79 Å². The zero-order valence-corrected chi connectivity index (χ0v) is 18.0. The van der Waals surface area contributed by atoms with Crippen molar-refractivity contribution < 1.29 is 9.53 Å². The Kier molecular flexibility index (Phi) is 6.39. The van der Waals surface area contributed by atoms with E-state index in [-0.39, 0.29) is 12.1 Å². The smallest absolute Gasteiger partial charge is 0.415 e. The summed E-state index contributed by atoms with van der Waals surface area (Å²) in [5.41, 5.74) is 2.62. The maximum Gasteiger partial charge on any atom is 0.415 e. The number of nitrogens with zero attached hydrogens (tertiary/aromatic N) is 4. The molecule has 0 saturated heterocycles. The van der Waals surface area contributed by atoms with E-state index in [4.69, 9.17) is 9.73 Å². The molecule has 1 aromatic rings. The van der Waals surface area contributed by atoms with E-state index in [2.05, 4.69) is 12.1 Å². The number of carbonyl (C=O) groups is 1. The molecule has 2 rings (SSSR count). The second kappa shape index (κ2) is 8.19. The third-order valence-electron chi connectivity index (χ3n) is 4.23. The Morgan fingerprint density at radius 3 is 2.19 bits per heavy atom. The first-order valence-corrected chi connectivity index (χ1v) is 9.50. The zero-order valence-electron chi connectivity index (χ0n) is 18.0. The molecule has 0 bridgehead atoms. The van der Waals surface area contributed by atoms with Crippen LogP contribution in [0.15, 0.2) is 23.2 Å². The Balaban J connectivity index is 2.21. The van der Waals surface area contributed by atoms with E-state index in [0.29, 0.717) is 6.54 Å². The van der Waals surface area contributed by atoms with Crippen LogP contribution >= 0.6 is 0 Å². The van der Waals surface area contributed by atoms with Crippen molar-refractivity contribution in [3.05, 3.63) is 29.3 Å². The topological polar surface area (TPSA) is 48.4 Å². The Morgan fingerprint density at radius 2 is 1.74 bits per heavy atom. The van der Waals surface area contributed by atoms with Crippen LogP contribution in [0, 0.1) is 6.92 Å². The lowest BCUT2D eigenvalue weighted by Crippen LogP contribution is -2.38. The zero-order chi connectivity index (χ0) is 20.4. The second-order valence-corrected chi connectivity index (χ2v) is 8.61. The van der Waals surface area contributed by atoms with E-state index < -0.39 is 5.60 Å². The van der Waals surface area contributed by atoms with Crippen LogP contribution in [0.4, 0.5) is 10.5 Å². The molecule has 0 unspecified atom stereocenters. The van der Waals surface area contributed by atoms with Crippen molar-refractivity contribution >= 4 is 17.7 Å². The molecule has 6 heteroatoms. The van der Waals surface area contributed by atoms with Crippen LogP contribution in [0.2, 0.25) is 0 Å². The molecule has 0 N–H and O–H groups in total. The minimum Gasteiger partial charge on any atom is -0.443 e. The maximum absolute atomic E-state index is 12.7. The van der Waals surface area contributed by atoms with E-state index in [0.717, 1.165) is 35.6 Å². The molecule has 150 valence electrons. The van der Waals surface area contributed by atoms with Gasteiger partial charge in [-0.05, 0) is 57.7 Å². The summed E-state index contributed by atoms with van der Waals surface area (Å²) in [5, 5.41) is 0. The molecular weight excluding hydrogens is 340 g/mol. The number of aliphatic imine (C=N–C) groups is 1. The number of rotatable bonds is 4. The molecule has 1 fully saturated rings. The van der Waals surface area contributed by atoms with Crippen LogP contribution in [0.25, 0.3) is 0 Å². The molecule has 0 radical (unpaired) electrons. The SMILES string of the molecule is Cc1cc(CN=C(N(C)C)N(C)C)ccc1N(C(=O)OC(C)(C)C)C1CC1. The standard InChI is InChI=1S/C21H34N4O2/c1-15-13-16(14-22-19(23(5)6)24(7)8)9-12-18(15)25(17-10-11-17)20(26)27-21(2,3)4/h9,12-13,17H,10-11,14H2,1-8H3. The second-order valence-electron chi connectivity index (χ2n) is 8.61. The first-order valence-electron chi connectivity index (χ1n) is 9.50. The van der Waals surface area contributed by atoms with E-state index in [1.807, 2.05) is 76.7 Å². The molecule has 1 aliphatic carbocycles. The van der Waals surface area contributed by atoms with Crippen molar-refractivity contribution in [2.24, 2.45) is 4.99 Å². The highest BCUT2D eigenvalue weighted by atomic mass is 16.6. The molecule has 0 aromatic heterocycles. The fraction of sp³-hybridized carbons (Fsp3) is 0.619. The number of amides is 1.